The van der Waals surface area contributed by atoms with Gasteiger partial charge in [-0.25, -0.2) is 9.59 Å². The minimum atomic E-state index is -5.11. The molecule has 2 amide bonds. The molecule has 1 N–H and O–H groups in total. The zero-order valence-electron chi connectivity index (χ0n) is 23.8. The zero-order valence-corrected chi connectivity index (χ0v) is 23.8. The topological polar surface area (TPSA) is 106 Å². The summed E-state index contributed by atoms with van der Waals surface area (Å²) in [5.74, 6) is -3.04. The number of methoxy groups -OCH3 is 1. The van der Waals surface area contributed by atoms with Gasteiger partial charge in [0.05, 0.1) is 29.4 Å². The van der Waals surface area contributed by atoms with E-state index in [0.29, 0.717) is 24.0 Å². The maximum atomic E-state index is 12.9. The molecule has 1 aromatic carbocycles. The van der Waals surface area contributed by atoms with Crippen LogP contribution in [-0.4, -0.2) is 88.2 Å². The first-order chi connectivity index (χ1) is 19.1. The number of piperazine rings is 1. The highest BCUT2D eigenvalue weighted by molar-refractivity contribution is 6.06. The van der Waals surface area contributed by atoms with Crippen molar-refractivity contribution in [1.29, 1.82) is 0 Å². The van der Waals surface area contributed by atoms with Crippen LogP contribution in [0.1, 0.15) is 69.7 Å². The van der Waals surface area contributed by atoms with E-state index in [-0.39, 0.29) is 28.4 Å². The Kier molecular flexibility index (Phi) is 7.24. The molecule has 1 saturated heterocycles. The van der Waals surface area contributed by atoms with E-state index in [1.807, 2.05) is 25.5 Å². The van der Waals surface area contributed by atoms with Crippen molar-refractivity contribution in [3.05, 3.63) is 23.9 Å². The number of ether oxygens (including phenoxy) is 2. The standard InChI is InChI=1S/C28H36F3N5O5/c1-25(2,3)41-24(39)34-11-13-35(14-12-34)26-5-8-27(9-6-26,10-7-26)36-17-18-15-21(32-23(38)28(29,30)31)19(22(37)40-4)16-20(18)33-36/h15-17H,5-14H2,1-4H3,(H,32,38). The third-order valence-electron chi connectivity index (χ3n) is 8.81. The second-order valence-corrected chi connectivity index (χ2v) is 12.4. The van der Waals surface area contributed by atoms with Crippen LogP contribution in [0.5, 0.6) is 0 Å². The molecule has 0 atom stereocenters. The minimum Gasteiger partial charge on any atom is -0.465 e. The summed E-state index contributed by atoms with van der Waals surface area (Å²) >= 11 is 0. The highest BCUT2D eigenvalue weighted by Crippen LogP contribution is 2.53. The van der Waals surface area contributed by atoms with Crippen molar-refractivity contribution in [1.82, 2.24) is 19.6 Å². The van der Waals surface area contributed by atoms with Crippen molar-refractivity contribution >= 4 is 34.6 Å². The lowest BCUT2D eigenvalue weighted by Crippen LogP contribution is -2.63. The molecule has 4 fully saturated rings. The predicted molar refractivity (Wildman–Crippen MR) is 144 cm³/mol. The number of halogens is 3. The number of fused-ring (bicyclic) bond motifs is 4. The van der Waals surface area contributed by atoms with Gasteiger partial charge in [-0.05, 0) is 71.4 Å². The Morgan fingerprint density at radius 1 is 0.927 bits per heavy atom. The molecular weight excluding hydrogens is 543 g/mol. The van der Waals surface area contributed by atoms with Crippen molar-refractivity contribution in [2.45, 2.75) is 82.2 Å². The van der Waals surface area contributed by atoms with Crippen LogP contribution >= 0.6 is 0 Å². The number of carbonyl (C=O) groups excluding carboxylic acids is 3. The molecule has 0 spiro atoms. The van der Waals surface area contributed by atoms with E-state index in [4.69, 9.17) is 14.6 Å². The van der Waals surface area contributed by atoms with Crippen LogP contribution in [0.25, 0.3) is 10.9 Å². The Morgan fingerprint density at radius 3 is 2.05 bits per heavy atom. The molecule has 224 valence electrons. The van der Waals surface area contributed by atoms with E-state index in [2.05, 4.69) is 4.90 Å². The lowest BCUT2D eigenvalue weighted by atomic mass is 9.60. The van der Waals surface area contributed by atoms with Gasteiger partial charge >= 0.3 is 24.1 Å². The number of amides is 2. The fraction of sp³-hybridized carbons (Fsp3) is 0.643. The van der Waals surface area contributed by atoms with E-state index in [1.165, 1.54) is 12.1 Å². The number of aromatic nitrogens is 2. The number of alkyl halides is 3. The number of hydrogen-bond donors (Lipinski definition) is 1. The van der Waals surface area contributed by atoms with E-state index < -0.39 is 23.7 Å². The number of rotatable bonds is 4. The summed E-state index contributed by atoms with van der Waals surface area (Å²) in [7, 11) is 1.12. The molecule has 0 radical (unpaired) electrons. The third-order valence-corrected chi connectivity index (χ3v) is 8.81. The van der Waals surface area contributed by atoms with E-state index in [0.717, 1.165) is 58.7 Å². The summed E-state index contributed by atoms with van der Waals surface area (Å²) in [5.41, 5.74) is -0.732. The van der Waals surface area contributed by atoms with Gasteiger partial charge < -0.3 is 19.7 Å². The summed E-state index contributed by atoms with van der Waals surface area (Å²) < 4.78 is 50.9. The van der Waals surface area contributed by atoms with Crippen molar-refractivity contribution in [2.75, 3.05) is 38.6 Å². The molecule has 2 aromatic rings. The van der Waals surface area contributed by atoms with Gasteiger partial charge in [-0.15, -0.1) is 0 Å². The summed E-state index contributed by atoms with van der Waals surface area (Å²) in [6.07, 6.45) is 1.96. The fourth-order valence-corrected chi connectivity index (χ4v) is 6.54. The SMILES string of the molecule is COC(=O)c1cc2nn(C34CCC(N5CCN(C(=O)OC(C)(C)C)CC5)(CC3)CC4)cc2cc1NC(=O)C(F)(F)F. The van der Waals surface area contributed by atoms with Gasteiger partial charge in [-0.2, -0.15) is 18.3 Å². The van der Waals surface area contributed by atoms with Gasteiger partial charge in [-0.1, -0.05) is 0 Å². The highest BCUT2D eigenvalue weighted by Gasteiger charge is 2.53. The normalized spacial score (nSPS) is 25.3. The number of hydrogen-bond acceptors (Lipinski definition) is 7. The summed E-state index contributed by atoms with van der Waals surface area (Å²) in [5, 5.41) is 7.07. The first-order valence-electron chi connectivity index (χ1n) is 13.9. The Bertz CT molecular complexity index is 1330. The molecule has 2 heterocycles. The molecular formula is C28H36F3N5O5. The summed E-state index contributed by atoms with van der Waals surface area (Å²) in [6.45, 7) is 8.43. The molecule has 10 nitrogen and oxygen atoms in total. The third kappa shape index (κ3) is 5.60. The summed E-state index contributed by atoms with van der Waals surface area (Å²) in [4.78, 5) is 40.7. The molecule has 1 aromatic heterocycles. The van der Waals surface area contributed by atoms with E-state index in [9.17, 15) is 27.6 Å². The molecule has 0 unspecified atom stereocenters. The second kappa shape index (κ2) is 10.2. The van der Waals surface area contributed by atoms with Crippen molar-refractivity contribution < 1.29 is 37.0 Å². The van der Waals surface area contributed by atoms with Gasteiger partial charge in [0.15, 0.2) is 0 Å². The average Bonchev–Trinajstić information content (AvgIpc) is 3.36. The zero-order chi connectivity index (χ0) is 29.8. The van der Waals surface area contributed by atoms with Gasteiger partial charge in [0.25, 0.3) is 0 Å². The van der Waals surface area contributed by atoms with Crippen molar-refractivity contribution in [3.63, 3.8) is 0 Å². The molecule has 1 aliphatic heterocycles. The number of nitrogens with one attached hydrogen (secondary N) is 1. The Labute approximate surface area is 236 Å². The fourth-order valence-electron chi connectivity index (χ4n) is 6.54. The van der Waals surface area contributed by atoms with Crippen LogP contribution in [0, 0.1) is 0 Å². The van der Waals surface area contributed by atoms with Gasteiger partial charge in [0, 0.05) is 43.3 Å². The first kappa shape index (κ1) is 29.2. The first-order valence-corrected chi connectivity index (χ1v) is 13.9. The van der Waals surface area contributed by atoms with E-state index >= 15 is 0 Å². The summed E-state index contributed by atoms with van der Waals surface area (Å²) in [6, 6.07) is 2.70. The van der Waals surface area contributed by atoms with Crippen LogP contribution in [0.15, 0.2) is 18.3 Å². The highest BCUT2D eigenvalue weighted by atomic mass is 19.4. The monoisotopic (exact) mass is 579 g/mol. The van der Waals surface area contributed by atoms with Gasteiger partial charge in [0.2, 0.25) is 0 Å². The van der Waals surface area contributed by atoms with Crippen molar-refractivity contribution in [2.24, 2.45) is 0 Å². The molecule has 4 aliphatic rings. The van der Waals surface area contributed by atoms with Crippen LogP contribution < -0.4 is 5.32 Å². The van der Waals surface area contributed by atoms with E-state index in [1.54, 1.807) is 16.4 Å². The molecule has 3 aliphatic carbocycles. The molecule has 6 rings (SSSR count). The Hall–Kier alpha value is -3.35. The number of esters is 1. The molecule has 3 saturated carbocycles. The average molecular weight is 580 g/mol. The number of anilines is 1. The maximum absolute atomic E-state index is 12.9. The lowest BCUT2D eigenvalue weighted by molar-refractivity contribution is -0.167. The Balaban J connectivity index is 1.31. The number of carbonyl (C=O) groups is 3. The molecule has 13 heteroatoms. The van der Waals surface area contributed by atoms with Crippen LogP contribution in [-0.2, 0) is 19.8 Å². The Morgan fingerprint density at radius 2 is 1.51 bits per heavy atom. The van der Waals surface area contributed by atoms with Crippen LogP contribution in [0.4, 0.5) is 23.7 Å². The largest absolute Gasteiger partial charge is 0.471 e. The van der Waals surface area contributed by atoms with Crippen molar-refractivity contribution in [3.8, 4) is 0 Å². The lowest BCUT2D eigenvalue weighted by Gasteiger charge is -2.58. The smallest absolute Gasteiger partial charge is 0.465 e. The maximum Gasteiger partial charge on any atom is 0.471 e. The number of benzene rings is 1. The predicted octanol–water partition coefficient (Wildman–Crippen LogP) is 4.68. The minimum absolute atomic E-state index is 0.0709. The number of nitrogens with zero attached hydrogens (tertiary/aromatic N) is 4. The second-order valence-electron chi connectivity index (χ2n) is 12.4. The van der Waals surface area contributed by atoms with Gasteiger partial charge in [0.1, 0.15) is 5.60 Å². The molecule has 41 heavy (non-hydrogen) atoms. The van der Waals surface area contributed by atoms with Gasteiger partial charge in [-0.3, -0.25) is 14.4 Å². The molecule has 2 bridgehead atoms. The van der Waals surface area contributed by atoms with Crippen LogP contribution in [0.3, 0.4) is 0 Å². The quantitative estimate of drug-likeness (QED) is 0.525. The van der Waals surface area contributed by atoms with Crippen LogP contribution in [0.2, 0.25) is 0 Å².